The molecule has 0 spiro atoms. The normalized spacial score (nSPS) is 21.3. The molecule has 3 amide bonds. The number of ether oxygens (including phenoxy) is 1. The number of piperidine rings is 1. The fraction of sp³-hybridized carbons (Fsp3) is 0.429. The van der Waals surface area contributed by atoms with Crippen molar-refractivity contribution in [1.82, 2.24) is 9.80 Å². The van der Waals surface area contributed by atoms with E-state index in [1.807, 2.05) is 5.38 Å². The number of likely N-dealkylation sites (tertiary alicyclic amines) is 1. The van der Waals surface area contributed by atoms with E-state index in [1.54, 1.807) is 5.38 Å². The Labute approximate surface area is 130 Å². The summed E-state index contributed by atoms with van der Waals surface area (Å²) in [5, 5.41) is 3.65. The van der Waals surface area contributed by atoms with Crippen LogP contribution >= 0.6 is 11.3 Å². The van der Waals surface area contributed by atoms with Crippen LogP contribution in [-0.4, -0.2) is 53.2 Å². The van der Waals surface area contributed by atoms with Crippen molar-refractivity contribution in [3.63, 3.8) is 0 Å². The van der Waals surface area contributed by atoms with E-state index in [1.165, 1.54) is 23.3 Å². The molecule has 3 rings (SSSR count). The van der Waals surface area contributed by atoms with Crippen molar-refractivity contribution in [2.45, 2.75) is 25.4 Å². The standard InChI is InChI=1S/C14H14N2O5S/c1-21-12(18)5-16-11(17)3-2-10(14(16)20)15-4-8-6-22-7-9(8)13(15)19/h6-7,10H,2-5H2,1H3. The predicted molar refractivity (Wildman–Crippen MR) is 76.0 cm³/mol. The second-order valence-corrected chi connectivity index (χ2v) is 5.94. The summed E-state index contributed by atoms with van der Waals surface area (Å²) in [5.74, 6) is -1.77. The molecule has 0 N–H and O–H groups in total. The SMILES string of the molecule is COC(=O)CN1C(=O)CCC(N2Cc3cscc3C2=O)C1=O. The second-order valence-electron chi connectivity index (χ2n) is 5.19. The summed E-state index contributed by atoms with van der Waals surface area (Å²) in [5.41, 5.74) is 1.52. The van der Waals surface area contributed by atoms with Crippen molar-refractivity contribution in [2.75, 3.05) is 13.7 Å². The zero-order chi connectivity index (χ0) is 15.9. The van der Waals surface area contributed by atoms with E-state index in [0.717, 1.165) is 10.5 Å². The number of methoxy groups -OCH3 is 1. The van der Waals surface area contributed by atoms with E-state index in [9.17, 15) is 19.2 Å². The maximum Gasteiger partial charge on any atom is 0.325 e. The molecule has 0 bridgehead atoms. The Morgan fingerprint density at radius 1 is 1.36 bits per heavy atom. The number of hydrogen-bond donors (Lipinski definition) is 0. The Morgan fingerprint density at radius 3 is 2.82 bits per heavy atom. The molecule has 1 fully saturated rings. The summed E-state index contributed by atoms with van der Waals surface area (Å²) in [6.07, 6.45) is 0.415. The van der Waals surface area contributed by atoms with Gasteiger partial charge in [-0.15, -0.1) is 0 Å². The molecule has 1 aromatic heterocycles. The van der Waals surface area contributed by atoms with Crippen LogP contribution in [0.1, 0.15) is 28.8 Å². The molecule has 1 saturated heterocycles. The molecule has 0 radical (unpaired) electrons. The first-order chi connectivity index (χ1) is 10.5. The lowest BCUT2D eigenvalue weighted by Crippen LogP contribution is -2.55. The summed E-state index contributed by atoms with van der Waals surface area (Å²) in [6.45, 7) is -0.0394. The van der Waals surface area contributed by atoms with Crippen LogP contribution in [0.25, 0.3) is 0 Å². The van der Waals surface area contributed by atoms with Crippen LogP contribution in [-0.2, 0) is 25.7 Å². The molecule has 7 nitrogen and oxygen atoms in total. The van der Waals surface area contributed by atoms with Gasteiger partial charge < -0.3 is 9.64 Å². The van der Waals surface area contributed by atoms with Crippen LogP contribution in [0.3, 0.4) is 0 Å². The predicted octanol–water partition coefficient (Wildman–Crippen LogP) is 0.394. The highest BCUT2D eigenvalue weighted by Crippen LogP contribution is 2.30. The maximum absolute atomic E-state index is 12.5. The maximum atomic E-state index is 12.5. The van der Waals surface area contributed by atoms with E-state index in [2.05, 4.69) is 4.74 Å². The monoisotopic (exact) mass is 322 g/mol. The van der Waals surface area contributed by atoms with Gasteiger partial charge in [0.2, 0.25) is 5.91 Å². The largest absolute Gasteiger partial charge is 0.468 e. The van der Waals surface area contributed by atoms with E-state index in [0.29, 0.717) is 12.1 Å². The van der Waals surface area contributed by atoms with E-state index in [4.69, 9.17) is 0 Å². The van der Waals surface area contributed by atoms with E-state index >= 15 is 0 Å². The molecular weight excluding hydrogens is 308 g/mol. The highest BCUT2D eigenvalue weighted by molar-refractivity contribution is 7.08. The third kappa shape index (κ3) is 2.29. The van der Waals surface area contributed by atoms with Crippen LogP contribution < -0.4 is 0 Å². The Bertz CT molecular complexity index is 668. The van der Waals surface area contributed by atoms with Crippen molar-refractivity contribution in [1.29, 1.82) is 0 Å². The van der Waals surface area contributed by atoms with Gasteiger partial charge in [-0.3, -0.25) is 24.1 Å². The van der Waals surface area contributed by atoms with Crippen molar-refractivity contribution in [3.05, 3.63) is 21.9 Å². The third-order valence-electron chi connectivity index (χ3n) is 3.95. The number of carbonyl (C=O) groups excluding carboxylic acids is 4. The zero-order valence-electron chi connectivity index (χ0n) is 11.9. The number of imide groups is 1. The Balaban J connectivity index is 1.79. The molecule has 3 heterocycles. The third-order valence-corrected chi connectivity index (χ3v) is 4.74. The second kappa shape index (κ2) is 5.53. The highest BCUT2D eigenvalue weighted by atomic mass is 32.1. The lowest BCUT2D eigenvalue weighted by molar-refractivity contribution is -0.159. The van der Waals surface area contributed by atoms with Crippen LogP contribution in [0.4, 0.5) is 0 Å². The average molecular weight is 322 g/mol. The Kier molecular flexibility index (Phi) is 3.69. The Hall–Kier alpha value is -2.22. The van der Waals surface area contributed by atoms with Gasteiger partial charge in [0.25, 0.3) is 11.8 Å². The summed E-state index contributed by atoms with van der Waals surface area (Å²) >= 11 is 1.45. The number of hydrogen-bond acceptors (Lipinski definition) is 6. The molecule has 2 aliphatic heterocycles. The molecule has 0 aromatic carbocycles. The minimum Gasteiger partial charge on any atom is -0.468 e. The number of rotatable bonds is 3. The first kappa shape index (κ1) is 14.7. The minimum atomic E-state index is -0.702. The van der Waals surface area contributed by atoms with Crippen LogP contribution in [0.2, 0.25) is 0 Å². The molecule has 22 heavy (non-hydrogen) atoms. The molecule has 1 unspecified atom stereocenters. The number of fused-ring (bicyclic) bond motifs is 1. The Morgan fingerprint density at radius 2 is 2.14 bits per heavy atom. The lowest BCUT2D eigenvalue weighted by Gasteiger charge is -2.34. The molecule has 116 valence electrons. The topological polar surface area (TPSA) is 84.0 Å². The molecule has 1 aromatic rings. The fourth-order valence-electron chi connectivity index (χ4n) is 2.77. The lowest BCUT2D eigenvalue weighted by atomic mass is 10.0. The van der Waals surface area contributed by atoms with E-state index < -0.39 is 30.4 Å². The van der Waals surface area contributed by atoms with E-state index in [-0.39, 0.29) is 18.7 Å². The molecule has 2 aliphatic rings. The van der Waals surface area contributed by atoms with Crippen molar-refractivity contribution in [2.24, 2.45) is 0 Å². The van der Waals surface area contributed by atoms with Gasteiger partial charge in [-0.2, -0.15) is 11.3 Å². The van der Waals surface area contributed by atoms with Gasteiger partial charge in [0, 0.05) is 18.3 Å². The van der Waals surface area contributed by atoms with Crippen LogP contribution in [0, 0.1) is 0 Å². The van der Waals surface area contributed by atoms with Crippen molar-refractivity contribution >= 4 is 35.0 Å². The number of thiophene rings is 1. The van der Waals surface area contributed by atoms with Gasteiger partial charge in [0.05, 0.1) is 12.7 Å². The van der Waals surface area contributed by atoms with Crippen LogP contribution in [0.15, 0.2) is 10.8 Å². The first-order valence-corrected chi connectivity index (χ1v) is 7.74. The molecular formula is C14H14N2O5S. The van der Waals surface area contributed by atoms with Crippen molar-refractivity contribution < 1.29 is 23.9 Å². The van der Waals surface area contributed by atoms with Gasteiger partial charge in [0.15, 0.2) is 0 Å². The zero-order valence-corrected chi connectivity index (χ0v) is 12.7. The summed E-state index contributed by atoms with van der Waals surface area (Å²) in [6, 6.07) is -0.702. The minimum absolute atomic E-state index is 0.129. The fourth-order valence-corrected chi connectivity index (χ4v) is 3.59. The van der Waals surface area contributed by atoms with Gasteiger partial charge in [0.1, 0.15) is 12.6 Å². The highest BCUT2D eigenvalue weighted by Gasteiger charge is 2.43. The van der Waals surface area contributed by atoms with Gasteiger partial charge in [-0.25, -0.2) is 0 Å². The van der Waals surface area contributed by atoms with Gasteiger partial charge >= 0.3 is 5.97 Å². The quantitative estimate of drug-likeness (QED) is 0.594. The smallest absolute Gasteiger partial charge is 0.325 e. The van der Waals surface area contributed by atoms with Crippen LogP contribution in [0.5, 0.6) is 0 Å². The van der Waals surface area contributed by atoms with Gasteiger partial charge in [-0.05, 0) is 17.4 Å². The van der Waals surface area contributed by atoms with Crippen molar-refractivity contribution in [3.8, 4) is 0 Å². The summed E-state index contributed by atoms with van der Waals surface area (Å²) in [7, 11) is 1.19. The average Bonchev–Trinajstić information content (AvgIpc) is 3.07. The summed E-state index contributed by atoms with van der Waals surface area (Å²) in [4.78, 5) is 50.4. The molecule has 0 aliphatic carbocycles. The molecule has 0 saturated carbocycles. The number of carbonyl (C=O) groups is 4. The first-order valence-electron chi connectivity index (χ1n) is 6.80. The molecule has 1 atom stereocenters. The number of amides is 3. The molecule has 8 heteroatoms. The number of esters is 1. The number of nitrogens with zero attached hydrogens (tertiary/aromatic N) is 2. The summed E-state index contributed by atoms with van der Waals surface area (Å²) < 4.78 is 4.51. The van der Waals surface area contributed by atoms with Gasteiger partial charge in [-0.1, -0.05) is 0 Å².